The molecule has 0 atom stereocenters. The molecule has 1 fully saturated rings. The van der Waals surface area contributed by atoms with Crippen LogP contribution in [0.15, 0.2) is 24.3 Å². The third kappa shape index (κ3) is 5.89. The number of benzene rings is 1. The number of hydrogen-bond donors (Lipinski definition) is 2. The van der Waals surface area contributed by atoms with Gasteiger partial charge in [-0.3, -0.25) is 4.79 Å². The molecule has 134 valence electrons. The fourth-order valence-electron chi connectivity index (χ4n) is 2.76. The summed E-state index contributed by atoms with van der Waals surface area (Å²) in [6, 6.07) is 7.68. The van der Waals surface area contributed by atoms with Crippen molar-refractivity contribution in [2.45, 2.75) is 39.2 Å². The second-order valence-corrected chi connectivity index (χ2v) is 8.14. The summed E-state index contributed by atoms with van der Waals surface area (Å²) in [4.78, 5) is 12.0. The lowest BCUT2D eigenvalue weighted by molar-refractivity contribution is -0.116. The van der Waals surface area contributed by atoms with Crippen molar-refractivity contribution < 1.29 is 13.2 Å². The van der Waals surface area contributed by atoms with E-state index in [0.717, 1.165) is 37.2 Å². The first kappa shape index (κ1) is 18.9. The molecule has 1 saturated heterocycles. The first-order chi connectivity index (χ1) is 11.5. The zero-order chi connectivity index (χ0) is 17.4. The third-order valence-electron chi connectivity index (χ3n) is 4.05. The van der Waals surface area contributed by atoms with Crippen LogP contribution in [0.3, 0.4) is 0 Å². The van der Waals surface area contributed by atoms with E-state index in [1.54, 1.807) is 0 Å². The zero-order valence-corrected chi connectivity index (χ0v) is 15.1. The molecule has 0 saturated carbocycles. The quantitative estimate of drug-likeness (QED) is 0.711. The Bertz CT molecular complexity index is 640. The van der Waals surface area contributed by atoms with Crippen molar-refractivity contribution in [3.05, 3.63) is 29.8 Å². The molecular formula is C17H27N3O3S. The lowest BCUT2D eigenvalue weighted by Crippen LogP contribution is -2.30. The summed E-state index contributed by atoms with van der Waals surface area (Å²) in [5.74, 6) is -0.104. The highest BCUT2D eigenvalue weighted by Gasteiger charge is 2.24. The summed E-state index contributed by atoms with van der Waals surface area (Å²) in [7, 11) is -3.20. The molecule has 1 aliphatic heterocycles. The molecule has 0 bridgehead atoms. The minimum Gasteiger partial charge on any atom is -0.326 e. The Kier molecular flexibility index (Phi) is 7.20. The van der Waals surface area contributed by atoms with E-state index in [0.29, 0.717) is 19.5 Å². The Hall–Kier alpha value is -1.44. The molecule has 24 heavy (non-hydrogen) atoms. The summed E-state index contributed by atoms with van der Waals surface area (Å²) >= 11 is 0. The van der Waals surface area contributed by atoms with Gasteiger partial charge in [0, 0.05) is 31.7 Å². The summed E-state index contributed by atoms with van der Waals surface area (Å²) < 4.78 is 25.7. The molecule has 6 nitrogen and oxygen atoms in total. The molecule has 0 aromatic heterocycles. The largest absolute Gasteiger partial charge is 0.326 e. The second kappa shape index (κ2) is 9.15. The summed E-state index contributed by atoms with van der Waals surface area (Å²) in [5, 5.41) is 6.08. The van der Waals surface area contributed by atoms with Gasteiger partial charge in [0.1, 0.15) is 0 Å². The van der Waals surface area contributed by atoms with Gasteiger partial charge in [-0.2, -0.15) is 0 Å². The van der Waals surface area contributed by atoms with Crippen molar-refractivity contribution in [1.82, 2.24) is 9.62 Å². The second-order valence-electron chi connectivity index (χ2n) is 6.05. The van der Waals surface area contributed by atoms with E-state index in [-0.39, 0.29) is 18.1 Å². The summed E-state index contributed by atoms with van der Waals surface area (Å²) in [6.45, 7) is 4.93. The number of nitrogens with zero attached hydrogens (tertiary/aromatic N) is 1. The van der Waals surface area contributed by atoms with Crippen molar-refractivity contribution in [3.63, 3.8) is 0 Å². The van der Waals surface area contributed by atoms with Crippen molar-refractivity contribution in [3.8, 4) is 0 Å². The highest BCUT2D eigenvalue weighted by atomic mass is 32.2. The number of carbonyl (C=O) groups excluding carboxylic acids is 1. The summed E-state index contributed by atoms with van der Waals surface area (Å²) in [5.41, 5.74) is 1.85. The Labute approximate surface area is 144 Å². The fourth-order valence-corrected chi connectivity index (χ4v) is 4.34. The predicted octanol–water partition coefficient (Wildman–Crippen LogP) is 1.94. The van der Waals surface area contributed by atoms with E-state index in [1.807, 2.05) is 31.2 Å². The van der Waals surface area contributed by atoms with E-state index in [1.165, 1.54) is 4.31 Å². The molecule has 1 amide bonds. The number of hydrogen-bond acceptors (Lipinski definition) is 4. The minimum absolute atomic E-state index is 0.0425. The highest BCUT2D eigenvalue weighted by Crippen LogP contribution is 2.15. The molecule has 1 heterocycles. The molecule has 0 aliphatic carbocycles. The Morgan fingerprint density at radius 2 is 2.00 bits per heavy atom. The van der Waals surface area contributed by atoms with Gasteiger partial charge in [-0.05, 0) is 43.5 Å². The highest BCUT2D eigenvalue weighted by molar-refractivity contribution is 7.89. The average Bonchev–Trinajstić information content (AvgIpc) is 3.08. The molecule has 2 N–H and O–H groups in total. The van der Waals surface area contributed by atoms with Gasteiger partial charge < -0.3 is 10.6 Å². The number of amides is 1. The lowest BCUT2D eigenvalue weighted by Gasteiger charge is -2.15. The summed E-state index contributed by atoms with van der Waals surface area (Å²) in [6.07, 6.45) is 2.43. The van der Waals surface area contributed by atoms with Crippen LogP contribution in [-0.4, -0.2) is 44.0 Å². The Morgan fingerprint density at radius 1 is 1.25 bits per heavy atom. The van der Waals surface area contributed by atoms with E-state index in [9.17, 15) is 13.2 Å². The first-order valence-electron chi connectivity index (χ1n) is 8.58. The van der Waals surface area contributed by atoms with Crippen LogP contribution >= 0.6 is 0 Å². The average molecular weight is 353 g/mol. The standard InChI is InChI=1S/C17H27N3O3S/c1-2-18-14-15-7-5-8-16(13-15)19-17(21)9-6-12-24(22,23)20-10-3-4-11-20/h5,7-8,13,18H,2-4,6,9-12,14H2,1H3,(H,19,21). The maximum Gasteiger partial charge on any atom is 0.224 e. The lowest BCUT2D eigenvalue weighted by atomic mass is 10.2. The molecule has 0 unspecified atom stereocenters. The van der Waals surface area contributed by atoms with Crippen LogP contribution in [0.4, 0.5) is 5.69 Å². The third-order valence-corrected chi connectivity index (χ3v) is 6.01. The first-order valence-corrected chi connectivity index (χ1v) is 10.2. The van der Waals surface area contributed by atoms with Gasteiger partial charge in [0.15, 0.2) is 0 Å². The van der Waals surface area contributed by atoms with Crippen LogP contribution in [0.5, 0.6) is 0 Å². The van der Waals surface area contributed by atoms with Gasteiger partial charge in [-0.1, -0.05) is 19.1 Å². The molecule has 1 aromatic rings. The molecule has 2 rings (SSSR count). The maximum atomic E-state index is 12.1. The molecule has 0 radical (unpaired) electrons. The van der Waals surface area contributed by atoms with Gasteiger partial charge >= 0.3 is 0 Å². The number of sulfonamides is 1. The topological polar surface area (TPSA) is 78.5 Å². The molecule has 7 heteroatoms. The zero-order valence-electron chi connectivity index (χ0n) is 14.3. The van der Waals surface area contributed by atoms with Crippen LogP contribution in [-0.2, 0) is 21.4 Å². The SMILES string of the molecule is CCNCc1cccc(NC(=O)CCCS(=O)(=O)N2CCCC2)c1. The van der Waals surface area contributed by atoms with Crippen molar-refractivity contribution in [2.75, 3.05) is 30.7 Å². The van der Waals surface area contributed by atoms with E-state index in [2.05, 4.69) is 10.6 Å². The molecular weight excluding hydrogens is 326 g/mol. The van der Waals surface area contributed by atoms with Gasteiger partial charge in [0.05, 0.1) is 5.75 Å². The monoisotopic (exact) mass is 353 g/mol. The van der Waals surface area contributed by atoms with Crippen molar-refractivity contribution in [1.29, 1.82) is 0 Å². The number of carbonyl (C=O) groups is 1. The number of rotatable bonds is 9. The Balaban J connectivity index is 1.77. The molecule has 0 spiro atoms. The van der Waals surface area contributed by atoms with Gasteiger partial charge in [-0.15, -0.1) is 0 Å². The van der Waals surface area contributed by atoms with E-state index >= 15 is 0 Å². The number of anilines is 1. The number of nitrogens with one attached hydrogen (secondary N) is 2. The van der Waals surface area contributed by atoms with Crippen LogP contribution in [0, 0.1) is 0 Å². The van der Waals surface area contributed by atoms with E-state index < -0.39 is 10.0 Å². The van der Waals surface area contributed by atoms with Gasteiger partial charge in [0.25, 0.3) is 0 Å². The smallest absolute Gasteiger partial charge is 0.224 e. The van der Waals surface area contributed by atoms with Crippen molar-refractivity contribution >= 4 is 21.6 Å². The van der Waals surface area contributed by atoms with Crippen LogP contribution in [0.2, 0.25) is 0 Å². The minimum atomic E-state index is -3.20. The van der Waals surface area contributed by atoms with Crippen LogP contribution < -0.4 is 10.6 Å². The molecule has 1 aliphatic rings. The van der Waals surface area contributed by atoms with Crippen LogP contribution in [0.25, 0.3) is 0 Å². The van der Waals surface area contributed by atoms with Crippen molar-refractivity contribution in [2.24, 2.45) is 0 Å². The fraction of sp³-hybridized carbons (Fsp3) is 0.588. The van der Waals surface area contributed by atoms with Gasteiger partial charge in [-0.25, -0.2) is 12.7 Å². The molecule has 1 aromatic carbocycles. The maximum absolute atomic E-state index is 12.1. The van der Waals surface area contributed by atoms with Crippen LogP contribution in [0.1, 0.15) is 38.2 Å². The van der Waals surface area contributed by atoms with E-state index in [4.69, 9.17) is 0 Å². The Morgan fingerprint density at radius 3 is 2.71 bits per heavy atom. The predicted molar refractivity (Wildman–Crippen MR) is 96.3 cm³/mol. The normalized spacial score (nSPS) is 15.5. The van der Waals surface area contributed by atoms with Gasteiger partial charge in [0.2, 0.25) is 15.9 Å².